The molecule has 1 saturated carbocycles. The van der Waals surface area contributed by atoms with Crippen molar-refractivity contribution in [2.75, 3.05) is 7.11 Å². The van der Waals surface area contributed by atoms with Crippen molar-refractivity contribution in [3.05, 3.63) is 52.9 Å². The third-order valence-electron chi connectivity index (χ3n) is 7.51. The zero-order valence-corrected chi connectivity index (χ0v) is 21.8. The van der Waals surface area contributed by atoms with E-state index in [1.807, 2.05) is 31.0 Å². The van der Waals surface area contributed by atoms with Crippen LogP contribution in [0.25, 0.3) is 22.0 Å². The number of aromatic nitrogens is 2. The summed E-state index contributed by atoms with van der Waals surface area (Å²) >= 11 is 3.53. The number of fused-ring (bicyclic) bond motifs is 2. The number of hydrogen-bond donors (Lipinski definition) is 2. The molecule has 2 heterocycles. The maximum absolute atomic E-state index is 13.8. The number of carbonyl (C=O) groups excluding carboxylic acids is 2. The Morgan fingerprint density at radius 3 is 2.71 bits per heavy atom. The van der Waals surface area contributed by atoms with Crippen molar-refractivity contribution >= 4 is 38.7 Å². The number of alkyl carbamates (subject to hydrolysis) is 1. The number of H-pyrrole nitrogens is 1. The van der Waals surface area contributed by atoms with Gasteiger partial charge in [-0.2, -0.15) is 0 Å². The number of amides is 2. The number of aromatic amines is 1. The van der Waals surface area contributed by atoms with Gasteiger partial charge in [0.2, 0.25) is 5.91 Å². The van der Waals surface area contributed by atoms with Crippen molar-refractivity contribution in [1.29, 1.82) is 0 Å². The summed E-state index contributed by atoms with van der Waals surface area (Å²) in [4.78, 5) is 36.1. The summed E-state index contributed by atoms with van der Waals surface area (Å²) in [6.07, 6.45) is 5.40. The molecule has 2 aromatic carbocycles. The van der Waals surface area contributed by atoms with Crippen LogP contribution in [0.1, 0.15) is 51.4 Å². The van der Waals surface area contributed by atoms with Crippen LogP contribution < -0.4 is 5.32 Å². The van der Waals surface area contributed by atoms with Gasteiger partial charge in [0.05, 0.1) is 25.0 Å². The number of carbonyl (C=O) groups is 2. The van der Waals surface area contributed by atoms with Gasteiger partial charge < -0.3 is 19.9 Å². The van der Waals surface area contributed by atoms with E-state index in [2.05, 4.69) is 56.6 Å². The van der Waals surface area contributed by atoms with Crippen LogP contribution >= 0.6 is 15.9 Å². The van der Waals surface area contributed by atoms with Gasteiger partial charge in [-0.1, -0.05) is 54.4 Å². The predicted octanol–water partition coefficient (Wildman–Crippen LogP) is 5.82. The maximum Gasteiger partial charge on any atom is 0.407 e. The van der Waals surface area contributed by atoms with Gasteiger partial charge in [-0.3, -0.25) is 4.79 Å². The highest BCUT2D eigenvalue weighted by Crippen LogP contribution is 2.47. The van der Waals surface area contributed by atoms with Crippen LogP contribution in [0.3, 0.4) is 0 Å². The SMILES string of the molecule is COC(=O)NC(C(=O)N1C(c2ncc(-c3ccc4cc(Br)ccc4c3)[nH]2)CC2CCCC21)C(C)C. The predicted molar refractivity (Wildman–Crippen MR) is 139 cm³/mol. The van der Waals surface area contributed by atoms with E-state index in [0.717, 1.165) is 52.6 Å². The molecule has 184 valence electrons. The van der Waals surface area contributed by atoms with Gasteiger partial charge in [-0.05, 0) is 60.1 Å². The summed E-state index contributed by atoms with van der Waals surface area (Å²) in [5.41, 5.74) is 1.99. The minimum Gasteiger partial charge on any atom is -0.453 e. The number of benzene rings is 2. The van der Waals surface area contributed by atoms with E-state index in [0.29, 0.717) is 5.92 Å². The summed E-state index contributed by atoms with van der Waals surface area (Å²) in [6.45, 7) is 3.89. The third-order valence-corrected chi connectivity index (χ3v) is 8.00. The molecule has 2 fully saturated rings. The number of likely N-dealkylation sites (tertiary alicyclic amines) is 1. The lowest BCUT2D eigenvalue weighted by molar-refractivity contribution is -0.137. The first kappa shape index (κ1) is 23.9. The first-order chi connectivity index (χ1) is 16.9. The zero-order valence-electron chi connectivity index (χ0n) is 20.3. The van der Waals surface area contributed by atoms with Crippen LogP contribution in [0.5, 0.6) is 0 Å². The zero-order chi connectivity index (χ0) is 24.7. The average molecular weight is 539 g/mol. The standard InChI is InChI=1S/C27H31BrN4O3/c1-15(2)24(31-27(34)35-3)26(33)32-22-6-4-5-19(22)13-23(32)25-29-14-21(30-25)18-8-7-17-12-20(28)10-9-16(17)11-18/h7-12,14-15,19,22-24H,4-6,13H2,1-3H3,(H,29,30)(H,31,34). The van der Waals surface area contributed by atoms with E-state index < -0.39 is 12.1 Å². The lowest BCUT2D eigenvalue weighted by Gasteiger charge is -2.33. The second-order valence-electron chi connectivity index (χ2n) is 10.0. The lowest BCUT2D eigenvalue weighted by atomic mass is 10.0. The molecule has 2 amide bonds. The second kappa shape index (κ2) is 9.64. The van der Waals surface area contributed by atoms with Crippen LogP contribution in [-0.2, 0) is 9.53 Å². The number of halogens is 1. The van der Waals surface area contributed by atoms with Gasteiger partial charge >= 0.3 is 6.09 Å². The number of rotatable bonds is 5. The van der Waals surface area contributed by atoms with Crippen LogP contribution in [0.4, 0.5) is 4.79 Å². The maximum atomic E-state index is 13.8. The average Bonchev–Trinajstić information content (AvgIpc) is 3.57. The fourth-order valence-electron chi connectivity index (χ4n) is 5.75. The summed E-state index contributed by atoms with van der Waals surface area (Å²) in [6, 6.07) is 12.0. The Kier molecular flexibility index (Phi) is 6.57. The van der Waals surface area contributed by atoms with E-state index in [1.165, 1.54) is 12.5 Å². The van der Waals surface area contributed by atoms with Gasteiger partial charge in [0, 0.05) is 16.1 Å². The van der Waals surface area contributed by atoms with Gasteiger partial charge in [0.1, 0.15) is 11.9 Å². The Hall–Kier alpha value is -2.87. The molecule has 7 nitrogen and oxygen atoms in total. The molecule has 0 spiro atoms. The van der Waals surface area contributed by atoms with Crippen LogP contribution in [0.2, 0.25) is 0 Å². The number of nitrogens with one attached hydrogen (secondary N) is 2. The molecule has 3 aromatic rings. The number of imidazole rings is 1. The highest BCUT2D eigenvalue weighted by atomic mass is 79.9. The third kappa shape index (κ3) is 4.56. The molecule has 2 N–H and O–H groups in total. The van der Waals surface area contributed by atoms with Crippen molar-refractivity contribution < 1.29 is 14.3 Å². The normalized spacial score (nSPS) is 22.4. The molecular formula is C27H31BrN4O3. The summed E-state index contributed by atoms with van der Waals surface area (Å²) in [5.74, 6) is 1.15. The summed E-state index contributed by atoms with van der Waals surface area (Å²) < 4.78 is 5.84. The molecule has 4 atom stereocenters. The summed E-state index contributed by atoms with van der Waals surface area (Å²) in [7, 11) is 1.32. The van der Waals surface area contributed by atoms with E-state index in [4.69, 9.17) is 9.72 Å². The van der Waals surface area contributed by atoms with Crippen LogP contribution in [-0.4, -0.2) is 46.1 Å². The molecule has 35 heavy (non-hydrogen) atoms. The van der Waals surface area contributed by atoms with Crippen molar-refractivity contribution in [3.8, 4) is 11.3 Å². The highest BCUT2D eigenvalue weighted by Gasteiger charge is 2.49. The number of nitrogens with zero attached hydrogens (tertiary/aromatic N) is 2. The molecular weight excluding hydrogens is 508 g/mol. The monoisotopic (exact) mass is 538 g/mol. The smallest absolute Gasteiger partial charge is 0.407 e. The molecule has 2 aliphatic rings. The number of methoxy groups -OCH3 is 1. The molecule has 4 unspecified atom stereocenters. The number of hydrogen-bond acceptors (Lipinski definition) is 4. The second-order valence-corrected chi connectivity index (χ2v) is 10.9. The summed E-state index contributed by atoms with van der Waals surface area (Å²) in [5, 5.41) is 5.08. The Morgan fingerprint density at radius 2 is 1.94 bits per heavy atom. The van der Waals surface area contributed by atoms with Crippen molar-refractivity contribution in [3.63, 3.8) is 0 Å². The topological polar surface area (TPSA) is 87.3 Å². The first-order valence-electron chi connectivity index (χ1n) is 12.3. The highest BCUT2D eigenvalue weighted by molar-refractivity contribution is 9.10. The first-order valence-corrected chi connectivity index (χ1v) is 13.1. The van der Waals surface area contributed by atoms with E-state index >= 15 is 0 Å². The Balaban J connectivity index is 1.45. The van der Waals surface area contributed by atoms with Gasteiger partial charge in [-0.15, -0.1) is 0 Å². The largest absolute Gasteiger partial charge is 0.453 e. The van der Waals surface area contributed by atoms with Crippen molar-refractivity contribution in [2.45, 2.75) is 57.7 Å². The Morgan fingerprint density at radius 1 is 1.17 bits per heavy atom. The molecule has 1 saturated heterocycles. The minimum absolute atomic E-state index is 0.0565. The van der Waals surface area contributed by atoms with Crippen molar-refractivity contribution in [1.82, 2.24) is 20.2 Å². The lowest BCUT2D eigenvalue weighted by Crippen LogP contribution is -2.53. The van der Waals surface area contributed by atoms with E-state index in [1.54, 1.807) is 0 Å². The van der Waals surface area contributed by atoms with Gasteiger partial charge in [-0.25, -0.2) is 9.78 Å². The van der Waals surface area contributed by atoms with Crippen molar-refractivity contribution in [2.24, 2.45) is 11.8 Å². The fraction of sp³-hybridized carbons (Fsp3) is 0.444. The quantitative estimate of drug-likeness (QED) is 0.428. The molecule has 1 aliphatic heterocycles. The molecule has 0 radical (unpaired) electrons. The van der Waals surface area contributed by atoms with Crippen LogP contribution in [0, 0.1) is 11.8 Å². The molecule has 8 heteroatoms. The Bertz CT molecular complexity index is 1260. The minimum atomic E-state index is -0.640. The van der Waals surface area contributed by atoms with Gasteiger partial charge in [0.15, 0.2) is 0 Å². The molecule has 1 aliphatic carbocycles. The van der Waals surface area contributed by atoms with E-state index in [-0.39, 0.29) is 23.9 Å². The van der Waals surface area contributed by atoms with Gasteiger partial charge in [0.25, 0.3) is 0 Å². The Labute approximate surface area is 213 Å². The number of ether oxygens (including phenoxy) is 1. The molecule has 1 aromatic heterocycles. The fourth-order valence-corrected chi connectivity index (χ4v) is 6.13. The van der Waals surface area contributed by atoms with Crippen LogP contribution in [0.15, 0.2) is 47.1 Å². The molecule has 0 bridgehead atoms. The molecule has 5 rings (SSSR count). The van der Waals surface area contributed by atoms with E-state index in [9.17, 15) is 9.59 Å².